The number of oxime groups is 1. The molecular formula is C34H29N9O13S4. The fourth-order valence-electron chi connectivity index (χ4n) is 5.71. The summed E-state index contributed by atoms with van der Waals surface area (Å²) in [6, 6.07) is 6.71. The molecule has 1 fully saturated rings. The number of carboxylic acids is 1. The molecule has 22 nitrogen and oxygen atoms in total. The van der Waals surface area contributed by atoms with E-state index in [-0.39, 0.29) is 51.8 Å². The van der Waals surface area contributed by atoms with Gasteiger partial charge < -0.3 is 46.2 Å². The molecule has 5 heterocycles. The summed E-state index contributed by atoms with van der Waals surface area (Å²) >= 11 is 3.32. The van der Waals surface area contributed by atoms with E-state index < -0.39 is 84.6 Å². The van der Waals surface area contributed by atoms with Crippen LogP contribution in [0.25, 0.3) is 5.78 Å². The number of aliphatic carboxylic acids is 1. The number of nitrogen functional groups attached to an aromatic ring is 1. The van der Waals surface area contributed by atoms with Gasteiger partial charge in [-0.25, -0.2) is 28.0 Å². The highest BCUT2D eigenvalue weighted by Crippen LogP contribution is 2.42. The maximum Gasteiger partial charge on any atom is 0.352 e. The lowest BCUT2D eigenvalue weighted by Gasteiger charge is -2.49. The summed E-state index contributed by atoms with van der Waals surface area (Å²) < 4.78 is 32.2. The van der Waals surface area contributed by atoms with Crippen LogP contribution in [-0.4, -0.2) is 122 Å². The number of nitrogens with zero attached hydrogens (tertiary/aromatic N) is 7. The van der Waals surface area contributed by atoms with Gasteiger partial charge in [-0.15, -0.1) is 40.0 Å². The number of phenolic OH excluding ortho intramolecular Hbond substituents is 4. The van der Waals surface area contributed by atoms with Crippen LogP contribution in [0, 0.1) is 6.92 Å². The van der Waals surface area contributed by atoms with E-state index in [1.165, 1.54) is 39.5 Å². The summed E-state index contributed by atoms with van der Waals surface area (Å²) in [5.41, 5.74) is 5.76. The Morgan fingerprint density at radius 2 is 1.77 bits per heavy atom. The van der Waals surface area contributed by atoms with E-state index >= 15 is 0 Å². The number of carboxylic acid groups (broad SMARTS) is 1. The number of amides is 2. The monoisotopic (exact) mass is 899 g/mol. The number of hydrogen-bond donors (Lipinski definition) is 7. The van der Waals surface area contributed by atoms with Crippen LogP contribution in [-0.2, 0) is 40.4 Å². The number of aromatic hydroxyl groups is 4. The first-order valence-electron chi connectivity index (χ1n) is 16.9. The number of thioether (sulfide) groups is 2. The minimum Gasteiger partial charge on any atom is -0.504 e. The number of anilines is 1. The third-order valence-corrected chi connectivity index (χ3v) is 13.1. The molecule has 2 aliphatic heterocycles. The number of carbonyl (C=O) groups is 4. The van der Waals surface area contributed by atoms with Gasteiger partial charge in [0.2, 0.25) is 15.8 Å². The average Bonchev–Trinajstić information content (AvgIpc) is 3.83. The molecule has 2 amide bonds. The van der Waals surface area contributed by atoms with Crippen LogP contribution >= 0.6 is 34.9 Å². The first-order chi connectivity index (χ1) is 28.5. The van der Waals surface area contributed by atoms with Gasteiger partial charge in [0.1, 0.15) is 27.8 Å². The number of β-lactam (4-membered cyclic amide) rings is 1. The fraction of sp³-hybridized carbons (Fsp3) is 0.206. The number of benzene rings is 2. The van der Waals surface area contributed by atoms with Gasteiger partial charge in [-0.1, -0.05) is 5.16 Å². The third-order valence-electron chi connectivity index (χ3n) is 8.57. The van der Waals surface area contributed by atoms with Gasteiger partial charge in [-0.3, -0.25) is 14.5 Å². The Morgan fingerprint density at radius 1 is 1.03 bits per heavy atom. The smallest absolute Gasteiger partial charge is 0.352 e. The molecule has 2 atom stereocenters. The molecule has 0 radical (unpaired) electrons. The van der Waals surface area contributed by atoms with E-state index in [4.69, 9.17) is 15.3 Å². The molecular weight excluding hydrogens is 871 g/mol. The van der Waals surface area contributed by atoms with E-state index in [1.807, 2.05) is 0 Å². The standard InChI is InChI=1S/C34H29N9O13S4/c1-14-6-24(43-34(36-14)38-23(40-43)9-55-32(52)15-2-4-19(44)21(46)7-15)57-10-16-11-58-30-26(29(49)42(30)27(16)31(50)51)39-28(48)25(18-12-59-33(35)37-18)41-56-13-60(53,54)17-3-5-20(45)22(47)8-17/h2-8,12,26,30,44-47H,9-11,13H2,1H3,(H2,35,37)(H,39,48)(H,50,51)/b41-25-/t26-,30-/m1/s1. The molecule has 0 unspecified atom stereocenters. The van der Waals surface area contributed by atoms with Crippen molar-refractivity contribution in [2.75, 3.05) is 23.2 Å². The molecule has 2 aromatic carbocycles. The molecule has 1 saturated heterocycles. The number of phenols is 4. The quantitative estimate of drug-likeness (QED) is 0.0157. The van der Waals surface area contributed by atoms with Gasteiger partial charge in [0.25, 0.3) is 17.6 Å². The molecule has 5 aromatic rings. The lowest BCUT2D eigenvalue weighted by Crippen LogP contribution is -2.71. The van der Waals surface area contributed by atoms with E-state index in [0.29, 0.717) is 16.3 Å². The van der Waals surface area contributed by atoms with Crippen LogP contribution < -0.4 is 11.1 Å². The number of aromatic nitrogens is 5. The maximum absolute atomic E-state index is 13.5. The zero-order valence-corrected chi connectivity index (χ0v) is 33.7. The fourth-order valence-corrected chi connectivity index (χ4v) is 9.69. The Morgan fingerprint density at radius 3 is 2.45 bits per heavy atom. The van der Waals surface area contributed by atoms with Gasteiger partial charge in [-0.05, 0) is 48.9 Å². The van der Waals surface area contributed by atoms with Crippen molar-refractivity contribution in [3.63, 3.8) is 0 Å². The number of aryl methyl sites for hydroxylation is 1. The van der Waals surface area contributed by atoms with E-state index in [0.717, 1.165) is 46.6 Å². The normalized spacial score (nSPS) is 16.6. The summed E-state index contributed by atoms with van der Waals surface area (Å²) in [5, 5.41) is 60.3. The number of fused-ring (bicyclic) bond motifs is 2. The zero-order valence-electron chi connectivity index (χ0n) is 30.4. The number of nitrogens with one attached hydrogen (secondary N) is 1. The molecule has 0 aliphatic carbocycles. The molecule has 0 bridgehead atoms. The Hall–Kier alpha value is -6.64. The van der Waals surface area contributed by atoms with Gasteiger partial charge in [0.05, 0.1) is 10.5 Å². The number of rotatable bonds is 14. The Balaban J connectivity index is 1.03. The van der Waals surface area contributed by atoms with Gasteiger partial charge >= 0.3 is 11.9 Å². The lowest BCUT2D eigenvalue weighted by molar-refractivity contribution is -0.150. The van der Waals surface area contributed by atoms with Crippen LogP contribution in [0.15, 0.2) is 74.2 Å². The highest BCUT2D eigenvalue weighted by molar-refractivity contribution is 8.01. The minimum atomic E-state index is -4.25. The second kappa shape index (κ2) is 16.5. The van der Waals surface area contributed by atoms with Crippen molar-refractivity contribution < 1.29 is 62.7 Å². The number of ether oxygens (including phenoxy) is 1. The average molecular weight is 900 g/mol. The molecule has 3 aromatic heterocycles. The number of hydrogen-bond acceptors (Lipinski definition) is 21. The Labute approximate surface area is 349 Å². The minimum absolute atomic E-state index is 0.0179. The van der Waals surface area contributed by atoms with Crippen molar-refractivity contribution in [3.8, 4) is 23.0 Å². The van der Waals surface area contributed by atoms with Crippen LogP contribution in [0.1, 0.15) is 27.6 Å². The van der Waals surface area contributed by atoms with Crippen molar-refractivity contribution in [3.05, 3.63) is 81.9 Å². The van der Waals surface area contributed by atoms with Crippen molar-refractivity contribution in [1.82, 2.24) is 34.8 Å². The largest absolute Gasteiger partial charge is 0.504 e. The second-order valence-corrected chi connectivity index (χ2v) is 17.6. The van der Waals surface area contributed by atoms with E-state index in [9.17, 15) is 53.1 Å². The van der Waals surface area contributed by atoms with Crippen molar-refractivity contribution in [2.45, 2.75) is 34.9 Å². The summed E-state index contributed by atoms with van der Waals surface area (Å²) in [6.45, 7) is 1.35. The maximum atomic E-state index is 13.5. The highest BCUT2D eigenvalue weighted by atomic mass is 32.2. The van der Waals surface area contributed by atoms with Crippen LogP contribution in [0.4, 0.5) is 5.13 Å². The Kier molecular flexibility index (Phi) is 11.5. The number of sulfone groups is 1. The van der Waals surface area contributed by atoms with Gasteiger partial charge in [0.15, 0.2) is 46.3 Å². The van der Waals surface area contributed by atoms with Crippen molar-refractivity contribution in [2.24, 2.45) is 5.16 Å². The van der Waals surface area contributed by atoms with Crippen LogP contribution in [0.3, 0.4) is 0 Å². The Bertz CT molecular complexity index is 2770. The number of thiazole rings is 1. The molecule has 7 rings (SSSR count). The first kappa shape index (κ1) is 41.5. The molecule has 0 saturated carbocycles. The van der Waals surface area contributed by atoms with Gasteiger partial charge in [0, 0.05) is 28.6 Å². The summed E-state index contributed by atoms with van der Waals surface area (Å²) in [5.74, 6) is -6.68. The third kappa shape index (κ3) is 8.42. The topological polar surface area (TPSA) is 332 Å². The van der Waals surface area contributed by atoms with Crippen molar-refractivity contribution >= 4 is 85.1 Å². The number of esters is 1. The molecule has 2 aliphatic rings. The van der Waals surface area contributed by atoms with E-state index in [1.54, 1.807) is 13.0 Å². The molecule has 0 spiro atoms. The lowest BCUT2D eigenvalue weighted by atomic mass is 10.0. The first-order valence-corrected chi connectivity index (χ1v) is 21.5. The number of carbonyl (C=O) groups excluding carboxylic acids is 3. The van der Waals surface area contributed by atoms with Crippen LogP contribution in [0.5, 0.6) is 23.0 Å². The second-order valence-electron chi connectivity index (χ2n) is 12.7. The summed E-state index contributed by atoms with van der Waals surface area (Å²) in [7, 11) is -4.25. The molecule has 312 valence electrons. The summed E-state index contributed by atoms with van der Waals surface area (Å²) in [6.07, 6.45) is 0. The van der Waals surface area contributed by atoms with Crippen molar-refractivity contribution in [1.29, 1.82) is 0 Å². The SMILES string of the molecule is Cc1cc(SCC2=C(C(=O)O)N3C(=O)[C@@H](NC(=O)/C(=N\OCS(=O)(=O)c4ccc(O)c(O)c4)c4csc(N)n4)[C@H]3SC2)n2nc(COC(=O)c3ccc(O)c(O)c3)nc2n1. The molecule has 26 heteroatoms. The van der Waals surface area contributed by atoms with Crippen LogP contribution in [0.2, 0.25) is 0 Å². The zero-order chi connectivity index (χ0) is 43.0. The predicted octanol–water partition coefficient (Wildman–Crippen LogP) is 1.33. The highest BCUT2D eigenvalue weighted by Gasteiger charge is 2.54. The summed E-state index contributed by atoms with van der Waals surface area (Å²) in [4.78, 5) is 70.5. The van der Waals surface area contributed by atoms with Gasteiger partial charge in [-0.2, -0.15) is 9.50 Å². The molecule has 60 heavy (non-hydrogen) atoms. The molecule has 8 N–H and O–H groups in total. The number of nitrogens with two attached hydrogens (primary N) is 1. The van der Waals surface area contributed by atoms with E-state index in [2.05, 4.69) is 30.5 Å². The predicted molar refractivity (Wildman–Crippen MR) is 211 cm³/mol.